The van der Waals surface area contributed by atoms with Gasteiger partial charge in [-0.25, -0.2) is 4.98 Å². The summed E-state index contributed by atoms with van der Waals surface area (Å²) in [5.74, 6) is 3.01. The van der Waals surface area contributed by atoms with Crippen molar-refractivity contribution in [2.24, 2.45) is 11.3 Å². The molecule has 0 atom stereocenters. The van der Waals surface area contributed by atoms with Gasteiger partial charge >= 0.3 is 0 Å². The molecule has 4 nitrogen and oxygen atoms in total. The van der Waals surface area contributed by atoms with Gasteiger partial charge in [0.2, 0.25) is 5.91 Å². The van der Waals surface area contributed by atoms with Gasteiger partial charge in [0.05, 0.1) is 7.11 Å². The average molecular weight is 487 g/mol. The number of benzene rings is 2. The predicted octanol–water partition coefficient (Wildman–Crippen LogP) is 7.86. The standard InChI is InChI=1S/C32H42N2O2/c1-7-23-10-14-28-27(19-23)16-17-33-31(28)34(30(35)20-32(3,4)5)21-24-8-11-25(12-9-24)26-13-15-29(36-6)22(2)18-26/h10,13-19,24-25H,7-9,11-12,20-21H2,1-6H3/t24-,25-. The first-order chi connectivity index (χ1) is 17.2. The second kappa shape index (κ2) is 11.0. The molecule has 1 saturated carbocycles. The Morgan fingerprint density at radius 1 is 1.06 bits per heavy atom. The first-order valence-corrected chi connectivity index (χ1v) is 13.5. The number of aryl methyl sites for hydroxylation is 2. The van der Waals surface area contributed by atoms with Gasteiger partial charge in [0, 0.05) is 24.5 Å². The Morgan fingerprint density at radius 3 is 2.44 bits per heavy atom. The van der Waals surface area contributed by atoms with Crippen LogP contribution in [0.2, 0.25) is 0 Å². The molecule has 0 spiro atoms. The lowest BCUT2D eigenvalue weighted by Gasteiger charge is -2.34. The molecule has 4 heteroatoms. The number of amides is 1. The van der Waals surface area contributed by atoms with Crippen LogP contribution in [0.15, 0.2) is 48.7 Å². The Labute approximate surface area is 217 Å². The van der Waals surface area contributed by atoms with Crippen LogP contribution >= 0.6 is 0 Å². The topological polar surface area (TPSA) is 42.4 Å². The fourth-order valence-corrected chi connectivity index (χ4v) is 5.59. The number of hydrogen-bond donors (Lipinski definition) is 0. The number of methoxy groups -OCH3 is 1. The number of aromatic nitrogens is 1. The molecule has 1 fully saturated rings. The van der Waals surface area contributed by atoms with Crippen LogP contribution in [-0.4, -0.2) is 24.5 Å². The summed E-state index contributed by atoms with van der Waals surface area (Å²) in [4.78, 5) is 20.4. The molecule has 0 radical (unpaired) electrons. The second-order valence-corrected chi connectivity index (χ2v) is 11.7. The molecule has 1 aromatic heterocycles. The van der Waals surface area contributed by atoms with E-state index in [0.717, 1.165) is 61.0 Å². The van der Waals surface area contributed by atoms with E-state index in [1.807, 2.05) is 11.1 Å². The average Bonchev–Trinajstić information content (AvgIpc) is 2.86. The van der Waals surface area contributed by atoms with Crippen molar-refractivity contribution in [3.05, 3.63) is 65.4 Å². The summed E-state index contributed by atoms with van der Waals surface area (Å²) in [6.45, 7) is 11.4. The van der Waals surface area contributed by atoms with Crippen LogP contribution in [0.25, 0.3) is 10.8 Å². The van der Waals surface area contributed by atoms with Crippen molar-refractivity contribution in [2.45, 2.75) is 79.1 Å². The van der Waals surface area contributed by atoms with E-state index in [0.29, 0.717) is 18.3 Å². The minimum absolute atomic E-state index is 0.0703. The monoisotopic (exact) mass is 486 g/mol. The van der Waals surface area contributed by atoms with Crippen LogP contribution in [0.5, 0.6) is 5.75 Å². The number of ether oxygens (including phenoxy) is 1. The third-order valence-corrected chi connectivity index (χ3v) is 7.63. The molecule has 1 aliphatic carbocycles. The molecule has 192 valence electrons. The lowest BCUT2D eigenvalue weighted by atomic mass is 9.78. The quantitative estimate of drug-likeness (QED) is 0.341. The summed E-state index contributed by atoms with van der Waals surface area (Å²) in [5, 5.41) is 2.23. The molecule has 4 rings (SSSR count). The number of carbonyl (C=O) groups excluding carboxylic acids is 1. The minimum atomic E-state index is -0.0703. The summed E-state index contributed by atoms with van der Waals surface area (Å²) < 4.78 is 5.45. The zero-order chi connectivity index (χ0) is 25.9. The van der Waals surface area contributed by atoms with Crippen LogP contribution in [-0.2, 0) is 11.2 Å². The highest BCUT2D eigenvalue weighted by atomic mass is 16.5. The Balaban J connectivity index is 1.55. The molecular weight excluding hydrogens is 444 g/mol. The van der Waals surface area contributed by atoms with Crippen LogP contribution in [0.4, 0.5) is 5.82 Å². The summed E-state index contributed by atoms with van der Waals surface area (Å²) >= 11 is 0. The number of nitrogens with zero attached hydrogens (tertiary/aromatic N) is 2. The first kappa shape index (κ1) is 26.2. The molecule has 1 amide bonds. The molecule has 1 heterocycles. The van der Waals surface area contributed by atoms with Gasteiger partial charge in [-0.2, -0.15) is 0 Å². The van der Waals surface area contributed by atoms with Crippen LogP contribution in [0.1, 0.15) is 82.4 Å². The van der Waals surface area contributed by atoms with Gasteiger partial charge in [-0.15, -0.1) is 0 Å². The molecule has 0 aliphatic heterocycles. The highest BCUT2D eigenvalue weighted by molar-refractivity contribution is 6.02. The largest absolute Gasteiger partial charge is 0.496 e. The third-order valence-electron chi connectivity index (χ3n) is 7.63. The van der Waals surface area contributed by atoms with E-state index < -0.39 is 0 Å². The maximum absolute atomic E-state index is 13.7. The first-order valence-electron chi connectivity index (χ1n) is 13.5. The molecule has 3 aromatic rings. The maximum atomic E-state index is 13.7. The van der Waals surface area contributed by atoms with Crippen molar-refractivity contribution in [2.75, 3.05) is 18.6 Å². The zero-order valence-electron chi connectivity index (χ0n) is 22.9. The number of rotatable bonds is 7. The van der Waals surface area contributed by atoms with Crippen molar-refractivity contribution in [1.29, 1.82) is 0 Å². The Bertz CT molecular complexity index is 1200. The fourth-order valence-electron chi connectivity index (χ4n) is 5.59. The van der Waals surface area contributed by atoms with Crippen LogP contribution in [0, 0.1) is 18.3 Å². The van der Waals surface area contributed by atoms with E-state index in [9.17, 15) is 4.79 Å². The maximum Gasteiger partial charge on any atom is 0.228 e. The summed E-state index contributed by atoms with van der Waals surface area (Å²) in [5.41, 5.74) is 3.85. The fraction of sp³-hybridized carbons (Fsp3) is 0.500. The van der Waals surface area contributed by atoms with Crippen LogP contribution in [0.3, 0.4) is 0 Å². The SMILES string of the molecule is CCc1ccc2c(N(C[C@H]3CC[C@H](c4ccc(OC)c(C)c4)CC3)C(=O)CC(C)(C)C)nccc2c1. The van der Waals surface area contributed by atoms with Gasteiger partial charge in [0.1, 0.15) is 11.6 Å². The molecule has 0 saturated heterocycles. The molecule has 0 unspecified atom stereocenters. The second-order valence-electron chi connectivity index (χ2n) is 11.7. The number of anilines is 1. The summed E-state index contributed by atoms with van der Waals surface area (Å²) in [6, 6.07) is 15.2. The normalized spacial score (nSPS) is 18.3. The lowest BCUT2D eigenvalue weighted by Crippen LogP contribution is -2.39. The van der Waals surface area contributed by atoms with Gasteiger partial charge in [0.25, 0.3) is 0 Å². The Morgan fingerprint density at radius 2 is 1.81 bits per heavy atom. The van der Waals surface area contributed by atoms with Gasteiger partial charge in [0.15, 0.2) is 0 Å². The molecule has 2 aromatic carbocycles. The molecule has 0 bridgehead atoms. The third kappa shape index (κ3) is 6.08. The van der Waals surface area contributed by atoms with E-state index in [1.165, 1.54) is 16.7 Å². The number of pyridine rings is 1. The lowest BCUT2D eigenvalue weighted by molar-refractivity contribution is -0.120. The molecule has 36 heavy (non-hydrogen) atoms. The molecular formula is C32H42N2O2. The van der Waals surface area contributed by atoms with E-state index in [2.05, 4.69) is 77.1 Å². The van der Waals surface area contributed by atoms with Crippen LogP contribution < -0.4 is 9.64 Å². The van der Waals surface area contributed by atoms with Gasteiger partial charge in [-0.3, -0.25) is 9.69 Å². The Hall–Kier alpha value is -2.88. The van der Waals surface area contributed by atoms with E-state index in [-0.39, 0.29) is 11.3 Å². The smallest absolute Gasteiger partial charge is 0.228 e. The Kier molecular flexibility index (Phi) is 8.02. The van der Waals surface area contributed by atoms with E-state index >= 15 is 0 Å². The minimum Gasteiger partial charge on any atom is -0.496 e. The van der Waals surface area contributed by atoms with E-state index in [4.69, 9.17) is 9.72 Å². The zero-order valence-corrected chi connectivity index (χ0v) is 22.9. The van der Waals surface area contributed by atoms with Crippen molar-refractivity contribution >= 4 is 22.5 Å². The highest BCUT2D eigenvalue weighted by Gasteiger charge is 2.29. The summed E-state index contributed by atoms with van der Waals surface area (Å²) in [7, 11) is 1.73. The van der Waals surface area contributed by atoms with Crippen molar-refractivity contribution in [1.82, 2.24) is 4.98 Å². The number of carbonyl (C=O) groups is 1. The van der Waals surface area contributed by atoms with Gasteiger partial charge in [-0.05, 0) is 90.5 Å². The molecule has 0 N–H and O–H groups in total. The van der Waals surface area contributed by atoms with Crippen molar-refractivity contribution < 1.29 is 9.53 Å². The number of fused-ring (bicyclic) bond motifs is 1. The van der Waals surface area contributed by atoms with Gasteiger partial charge in [-0.1, -0.05) is 58.0 Å². The molecule has 1 aliphatic rings. The van der Waals surface area contributed by atoms with Gasteiger partial charge < -0.3 is 4.74 Å². The van der Waals surface area contributed by atoms with E-state index in [1.54, 1.807) is 7.11 Å². The summed E-state index contributed by atoms with van der Waals surface area (Å²) in [6.07, 6.45) is 7.92. The van der Waals surface area contributed by atoms with Crippen molar-refractivity contribution in [3.63, 3.8) is 0 Å². The number of hydrogen-bond acceptors (Lipinski definition) is 3. The van der Waals surface area contributed by atoms with Crippen molar-refractivity contribution in [3.8, 4) is 5.75 Å². The predicted molar refractivity (Wildman–Crippen MR) is 150 cm³/mol. The highest BCUT2D eigenvalue weighted by Crippen LogP contribution is 2.38.